The lowest BCUT2D eigenvalue weighted by molar-refractivity contribution is -0.127. The van der Waals surface area contributed by atoms with Crippen molar-refractivity contribution in [2.24, 2.45) is 0 Å². The van der Waals surface area contributed by atoms with E-state index >= 15 is 0 Å². The predicted molar refractivity (Wildman–Crippen MR) is 92.2 cm³/mol. The van der Waals surface area contributed by atoms with Crippen LogP contribution >= 0.6 is 34.7 Å². The fraction of sp³-hybridized carbons (Fsp3) is 0.333. The summed E-state index contributed by atoms with van der Waals surface area (Å²) in [5.74, 6) is 1.21. The van der Waals surface area contributed by atoms with Crippen LogP contribution in [0.2, 0.25) is 5.02 Å². The van der Waals surface area contributed by atoms with Gasteiger partial charge in [-0.05, 0) is 31.2 Å². The molecule has 0 aliphatic heterocycles. The minimum Gasteiger partial charge on any atom is -0.492 e. The van der Waals surface area contributed by atoms with Gasteiger partial charge in [-0.2, -0.15) is 0 Å². The summed E-state index contributed by atoms with van der Waals surface area (Å²) in [5, 5.41) is 2.66. The van der Waals surface area contributed by atoms with E-state index in [4.69, 9.17) is 16.3 Å². The van der Waals surface area contributed by atoms with Crippen molar-refractivity contribution in [3.8, 4) is 5.75 Å². The fourth-order valence-electron chi connectivity index (χ4n) is 1.59. The molecule has 0 N–H and O–H groups in total. The molecule has 1 amide bonds. The molecule has 0 bridgehead atoms. The second-order valence-electron chi connectivity index (χ2n) is 4.66. The molecule has 0 atom stereocenters. The zero-order chi connectivity index (χ0) is 15.9. The highest BCUT2D eigenvalue weighted by Gasteiger charge is 2.10. The Bertz CT molecular complexity index is 616. The quantitative estimate of drug-likeness (QED) is 0.709. The van der Waals surface area contributed by atoms with Gasteiger partial charge in [0.05, 0.1) is 12.3 Å². The topological polar surface area (TPSA) is 42.4 Å². The summed E-state index contributed by atoms with van der Waals surface area (Å²) in [5.41, 5.74) is 0.990. The number of aromatic nitrogens is 1. The molecule has 0 saturated heterocycles. The molecule has 0 radical (unpaired) electrons. The van der Waals surface area contributed by atoms with Crippen molar-refractivity contribution < 1.29 is 9.53 Å². The minimum absolute atomic E-state index is 0.0672. The highest BCUT2D eigenvalue weighted by atomic mass is 35.5. The van der Waals surface area contributed by atoms with Crippen LogP contribution in [-0.2, 0) is 4.79 Å². The van der Waals surface area contributed by atoms with Crippen molar-refractivity contribution in [3.63, 3.8) is 0 Å². The Balaban J connectivity index is 1.68. The SMILES string of the molecule is Cc1csc(SCC(=O)N(C)CCOc2ccc(Cl)cc2)n1. The Labute approximate surface area is 143 Å². The number of nitrogens with zero attached hydrogens (tertiary/aromatic N) is 2. The van der Waals surface area contributed by atoms with Gasteiger partial charge in [-0.1, -0.05) is 23.4 Å². The van der Waals surface area contributed by atoms with Crippen LogP contribution in [0, 0.1) is 6.92 Å². The van der Waals surface area contributed by atoms with Crippen LogP contribution in [0.3, 0.4) is 0 Å². The molecule has 1 heterocycles. The molecule has 0 fully saturated rings. The van der Waals surface area contributed by atoms with E-state index in [2.05, 4.69) is 4.98 Å². The fourth-order valence-corrected chi connectivity index (χ4v) is 3.50. The number of likely N-dealkylation sites (N-methyl/N-ethyl adjacent to an activating group) is 1. The van der Waals surface area contributed by atoms with Gasteiger partial charge in [0.25, 0.3) is 0 Å². The van der Waals surface area contributed by atoms with Crippen molar-refractivity contribution >= 4 is 40.6 Å². The average Bonchev–Trinajstić information content (AvgIpc) is 2.92. The van der Waals surface area contributed by atoms with Crippen molar-refractivity contribution in [2.75, 3.05) is 26.0 Å². The summed E-state index contributed by atoms with van der Waals surface area (Å²) in [4.78, 5) is 18.0. The molecule has 22 heavy (non-hydrogen) atoms. The first-order valence-corrected chi connectivity index (χ1v) is 8.96. The standard InChI is InChI=1S/C15H17ClN2O2S2/c1-11-9-21-15(17-11)22-10-14(19)18(2)7-8-20-13-5-3-12(16)4-6-13/h3-6,9H,7-8,10H2,1-2H3. The number of carbonyl (C=O) groups is 1. The van der Waals surface area contributed by atoms with E-state index in [1.165, 1.54) is 11.8 Å². The number of thiazole rings is 1. The third-order valence-corrected chi connectivity index (χ3v) is 5.23. The van der Waals surface area contributed by atoms with Gasteiger partial charge in [0.1, 0.15) is 12.4 Å². The van der Waals surface area contributed by atoms with Crippen molar-refractivity contribution in [1.29, 1.82) is 0 Å². The number of rotatable bonds is 7. The number of hydrogen-bond acceptors (Lipinski definition) is 5. The summed E-state index contributed by atoms with van der Waals surface area (Å²) >= 11 is 8.84. The second-order valence-corrected chi connectivity index (χ2v) is 7.18. The normalized spacial score (nSPS) is 10.5. The van der Waals surface area contributed by atoms with Crippen LogP contribution in [0.15, 0.2) is 34.0 Å². The molecule has 0 aliphatic rings. The first-order chi connectivity index (χ1) is 10.5. The summed E-state index contributed by atoms with van der Waals surface area (Å²) in [7, 11) is 1.78. The van der Waals surface area contributed by atoms with Gasteiger partial charge in [0.2, 0.25) is 5.91 Å². The third-order valence-electron chi connectivity index (χ3n) is 2.85. The van der Waals surface area contributed by atoms with Crippen molar-refractivity contribution in [3.05, 3.63) is 40.4 Å². The van der Waals surface area contributed by atoms with Crippen LogP contribution in [-0.4, -0.2) is 41.7 Å². The van der Waals surface area contributed by atoms with Gasteiger partial charge in [-0.15, -0.1) is 11.3 Å². The number of halogens is 1. The van der Waals surface area contributed by atoms with E-state index in [0.717, 1.165) is 15.8 Å². The van der Waals surface area contributed by atoms with Crippen molar-refractivity contribution in [1.82, 2.24) is 9.88 Å². The molecule has 1 aromatic heterocycles. The van der Waals surface area contributed by atoms with Crippen LogP contribution in [0.1, 0.15) is 5.69 Å². The molecule has 2 aromatic rings. The van der Waals surface area contributed by atoms with Gasteiger partial charge in [-0.3, -0.25) is 4.79 Å². The maximum absolute atomic E-state index is 12.0. The Morgan fingerprint density at radius 2 is 2.14 bits per heavy atom. The Hall–Kier alpha value is -1.24. The summed E-state index contributed by atoms with van der Waals surface area (Å²) in [6.45, 7) is 2.94. The smallest absolute Gasteiger partial charge is 0.232 e. The molecule has 2 rings (SSSR count). The van der Waals surface area contributed by atoms with E-state index in [1.807, 2.05) is 24.4 Å². The lowest BCUT2D eigenvalue weighted by atomic mass is 10.3. The Kier molecular flexibility index (Phi) is 6.54. The van der Waals surface area contributed by atoms with E-state index in [-0.39, 0.29) is 5.91 Å². The number of aryl methyl sites for hydroxylation is 1. The van der Waals surface area contributed by atoms with Gasteiger partial charge < -0.3 is 9.64 Å². The van der Waals surface area contributed by atoms with Gasteiger partial charge in [0, 0.05) is 23.1 Å². The van der Waals surface area contributed by atoms with Gasteiger partial charge in [-0.25, -0.2) is 4.98 Å². The molecular formula is C15H17ClN2O2S2. The van der Waals surface area contributed by atoms with Crippen LogP contribution in [0.4, 0.5) is 0 Å². The molecule has 0 spiro atoms. The lowest BCUT2D eigenvalue weighted by Crippen LogP contribution is -2.32. The highest BCUT2D eigenvalue weighted by molar-refractivity contribution is 8.01. The van der Waals surface area contributed by atoms with E-state index < -0.39 is 0 Å². The largest absolute Gasteiger partial charge is 0.492 e. The monoisotopic (exact) mass is 356 g/mol. The highest BCUT2D eigenvalue weighted by Crippen LogP contribution is 2.22. The molecule has 118 valence electrons. The zero-order valence-electron chi connectivity index (χ0n) is 12.4. The van der Waals surface area contributed by atoms with Crippen LogP contribution in [0.25, 0.3) is 0 Å². The number of thioether (sulfide) groups is 1. The molecule has 0 saturated carbocycles. The van der Waals surface area contributed by atoms with Crippen LogP contribution < -0.4 is 4.74 Å². The Morgan fingerprint density at radius 3 is 2.77 bits per heavy atom. The average molecular weight is 357 g/mol. The molecule has 0 unspecified atom stereocenters. The first-order valence-electron chi connectivity index (χ1n) is 6.72. The van der Waals surface area contributed by atoms with E-state index in [0.29, 0.717) is 23.9 Å². The van der Waals surface area contributed by atoms with Crippen molar-refractivity contribution in [2.45, 2.75) is 11.3 Å². The van der Waals surface area contributed by atoms with E-state index in [1.54, 1.807) is 35.4 Å². The minimum atomic E-state index is 0.0672. The lowest BCUT2D eigenvalue weighted by Gasteiger charge is -2.17. The Morgan fingerprint density at radius 1 is 1.41 bits per heavy atom. The summed E-state index contributed by atoms with van der Waals surface area (Å²) < 4.78 is 6.51. The molecule has 7 heteroatoms. The van der Waals surface area contributed by atoms with Gasteiger partial charge >= 0.3 is 0 Å². The van der Waals surface area contributed by atoms with E-state index in [9.17, 15) is 4.79 Å². The summed E-state index contributed by atoms with van der Waals surface area (Å²) in [6, 6.07) is 7.17. The number of carbonyl (C=O) groups excluding carboxylic acids is 1. The van der Waals surface area contributed by atoms with Crippen LogP contribution in [0.5, 0.6) is 5.75 Å². The molecule has 4 nitrogen and oxygen atoms in total. The molecule has 0 aliphatic carbocycles. The number of ether oxygens (including phenoxy) is 1. The number of benzene rings is 1. The predicted octanol–water partition coefficient (Wildman–Crippen LogP) is 3.73. The number of hydrogen-bond donors (Lipinski definition) is 0. The zero-order valence-corrected chi connectivity index (χ0v) is 14.8. The summed E-state index contributed by atoms with van der Waals surface area (Å²) in [6.07, 6.45) is 0. The number of amides is 1. The third kappa shape index (κ3) is 5.51. The maximum atomic E-state index is 12.0. The molecular weight excluding hydrogens is 340 g/mol. The maximum Gasteiger partial charge on any atom is 0.232 e. The molecule has 1 aromatic carbocycles. The second kappa shape index (κ2) is 8.41. The van der Waals surface area contributed by atoms with Gasteiger partial charge in [0.15, 0.2) is 4.34 Å². The first kappa shape index (κ1) is 17.1.